The van der Waals surface area contributed by atoms with E-state index in [9.17, 15) is 0 Å². The summed E-state index contributed by atoms with van der Waals surface area (Å²) in [4.78, 5) is 0. The Morgan fingerprint density at radius 2 is 1.30 bits per heavy atom. The molecule has 4 aromatic carbocycles. The van der Waals surface area contributed by atoms with Crippen molar-refractivity contribution >= 4 is 10.8 Å². The van der Waals surface area contributed by atoms with Gasteiger partial charge < -0.3 is 0 Å². The van der Waals surface area contributed by atoms with E-state index < -0.39 is 0 Å². The first kappa shape index (κ1) is 16.3. The van der Waals surface area contributed by atoms with Gasteiger partial charge in [0.1, 0.15) is 0 Å². The molecule has 5 rings (SSSR count). The van der Waals surface area contributed by atoms with Crippen LogP contribution in [0.1, 0.15) is 30.5 Å². The molecule has 0 spiro atoms. The second-order valence-electron chi connectivity index (χ2n) is 7.54. The Morgan fingerprint density at radius 1 is 0.630 bits per heavy atom. The molecule has 0 fully saturated rings. The molecule has 0 amide bonds. The van der Waals surface area contributed by atoms with Gasteiger partial charge in [0.25, 0.3) is 0 Å². The highest BCUT2D eigenvalue weighted by atomic mass is 14.3. The molecule has 0 radical (unpaired) electrons. The number of fused-ring (bicyclic) bond motifs is 3. The summed E-state index contributed by atoms with van der Waals surface area (Å²) in [5.41, 5.74) is 12.9. The Morgan fingerprint density at radius 3 is 1.96 bits per heavy atom. The zero-order valence-electron chi connectivity index (χ0n) is 16.3. The first-order valence-corrected chi connectivity index (χ1v) is 10.0. The molecule has 1 aliphatic rings. The minimum atomic E-state index is 1.04. The van der Waals surface area contributed by atoms with Crippen molar-refractivity contribution in [2.75, 3.05) is 0 Å². The monoisotopic (exact) mass is 348 g/mol. The summed E-state index contributed by atoms with van der Waals surface area (Å²) >= 11 is 0. The van der Waals surface area contributed by atoms with Crippen molar-refractivity contribution in [3.05, 3.63) is 83.4 Å². The third-order valence-corrected chi connectivity index (χ3v) is 6.13. The molecule has 0 aliphatic heterocycles. The maximum absolute atomic E-state index is 2.46. The van der Waals surface area contributed by atoms with Crippen molar-refractivity contribution in [3.8, 4) is 33.4 Å². The van der Waals surface area contributed by atoms with E-state index in [1.165, 1.54) is 60.8 Å². The minimum absolute atomic E-state index is 1.04. The van der Waals surface area contributed by atoms with E-state index in [0.717, 1.165) is 12.8 Å². The molecular formula is C27H24. The predicted octanol–water partition coefficient (Wildman–Crippen LogP) is 7.59. The summed E-state index contributed by atoms with van der Waals surface area (Å²) in [5.74, 6) is 0. The van der Waals surface area contributed by atoms with E-state index in [-0.39, 0.29) is 0 Å². The van der Waals surface area contributed by atoms with E-state index in [4.69, 9.17) is 0 Å². The Kier molecular flexibility index (Phi) is 3.68. The molecule has 0 heterocycles. The molecule has 0 unspecified atom stereocenters. The van der Waals surface area contributed by atoms with Gasteiger partial charge in [-0.2, -0.15) is 0 Å². The largest absolute Gasteiger partial charge is 0.0620 e. The molecular weight excluding hydrogens is 324 g/mol. The molecule has 0 bridgehead atoms. The van der Waals surface area contributed by atoms with Crippen LogP contribution in [0.4, 0.5) is 0 Å². The average molecular weight is 348 g/mol. The minimum Gasteiger partial charge on any atom is -0.0620 e. The molecule has 0 aromatic heterocycles. The Labute approximate surface area is 161 Å². The third-order valence-electron chi connectivity index (χ3n) is 6.13. The summed E-state index contributed by atoms with van der Waals surface area (Å²) in [7, 11) is 0. The molecule has 132 valence electrons. The molecule has 4 aromatic rings. The van der Waals surface area contributed by atoms with Crippen LogP contribution in [-0.4, -0.2) is 0 Å². The molecule has 1 aliphatic carbocycles. The van der Waals surface area contributed by atoms with Crippen molar-refractivity contribution in [1.29, 1.82) is 0 Å². The van der Waals surface area contributed by atoms with Crippen molar-refractivity contribution < 1.29 is 0 Å². The lowest BCUT2D eigenvalue weighted by atomic mass is 9.84. The fourth-order valence-corrected chi connectivity index (χ4v) is 4.90. The van der Waals surface area contributed by atoms with Gasteiger partial charge in [-0.1, -0.05) is 80.6 Å². The SMILES string of the molecule is CCc1cc(-c2ccccc2C)c(CC)c2c1-c1cccc3cccc-2c13. The normalized spacial score (nSPS) is 11.8. The van der Waals surface area contributed by atoms with E-state index in [1.54, 1.807) is 0 Å². The highest BCUT2D eigenvalue weighted by Crippen LogP contribution is 2.52. The van der Waals surface area contributed by atoms with Gasteiger partial charge in [0.05, 0.1) is 0 Å². The molecule has 0 heteroatoms. The second-order valence-corrected chi connectivity index (χ2v) is 7.54. The zero-order chi connectivity index (χ0) is 18.5. The Bertz CT molecular complexity index is 1190. The van der Waals surface area contributed by atoms with Crippen molar-refractivity contribution in [3.63, 3.8) is 0 Å². The summed E-state index contributed by atoms with van der Waals surface area (Å²) in [6.45, 7) is 6.81. The molecule has 0 atom stereocenters. The fourth-order valence-electron chi connectivity index (χ4n) is 4.90. The van der Waals surface area contributed by atoms with Crippen LogP contribution in [0.25, 0.3) is 44.2 Å². The lowest BCUT2D eigenvalue weighted by molar-refractivity contribution is 1.11. The van der Waals surface area contributed by atoms with Crippen LogP contribution < -0.4 is 0 Å². The summed E-state index contributed by atoms with van der Waals surface area (Å²) in [5, 5.41) is 2.78. The van der Waals surface area contributed by atoms with Gasteiger partial charge in [-0.15, -0.1) is 0 Å². The Balaban J connectivity index is 1.95. The number of aryl methyl sites for hydroxylation is 2. The van der Waals surface area contributed by atoms with E-state index in [0.29, 0.717) is 0 Å². The van der Waals surface area contributed by atoms with E-state index in [2.05, 4.69) is 87.5 Å². The van der Waals surface area contributed by atoms with Crippen LogP contribution in [0.15, 0.2) is 66.7 Å². The second kappa shape index (κ2) is 6.09. The lowest BCUT2D eigenvalue weighted by Gasteiger charge is -2.19. The average Bonchev–Trinajstić information content (AvgIpc) is 3.04. The van der Waals surface area contributed by atoms with E-state index in [1.807, 2.05) is 0 Å². The van der Waals surface area contributed by atoms with Gasteiger partial charge in [-0.3, -0.25) is 0 Å². The van der Waals surface area contributed by atoms with Crippen LogP contribution in [0.5, 0.6) is 0 Å². The number of rotatable bonds is 3. The van der Waals surface area contributed by atoms with Gasteiger partial charge in [-0.05, 0) is 80.6 Å². The third kappa shape index (κ3) is 2.23. The van der Waals surface area contributed by atoms with Crippen LogP contribution in [0, 0.1) is 6.92 Å². The molecule has 0 nitrogen and oxygen atoms in total. The topological polar surface area (TPSA) is 0 Å². The molecule has 0 saturated carbocycles. The van der Waals surface area contributed by atoms with Crippen molar-refractivity contribution in [1.82, 2.24) is 0 Å². The molecule has 0 saturated heterocycles. The van der Waals surface area contributed by atoms with Crippen LogP contribution in [0.3, 0.4) is 0 Å². The van der Waals surface area contributed by atoms with Gasteiger partial charge >= 0.3 is 0 Å². The Hall–Kier alpha value is -2.86. The van der Waals surface area contributed by atoms with Gasteiger partial charge in [-0.25, -0.2) is 0 Å². The quantitative estimate of drug-likeness (QED) is 0.315. The maximum atomic E-state index is 2.46. The van der Waals surface area contributed by atoms with E-state index >= 15 is 0 Å². The zero-order valence-corrected chi connectivity index (χ0v) is 16.3. The molecule has 0 N–H and O–H groups in total. The fraction of sp³-hybridized carbons (Fsp3) is 0.185. The summed E-state index contributed by atoms with van der Waals surface area (Å²) in [6, 6.07) is 24.8. The summed E-state index contributed by atoms with van der Waals surface area (Å²) in [6.07, 6.45) is 2.09. The van der Waals surface area contributed by atoms with Crippen molar-refractivity contribution in [2.24, 2.45) is 0 Å². The highest BCUT2D eigenvalue weighted by molar-refractivity contribution is 6.17. The first-order valence-electron chi connectivity index (χ1n) is 10.0. The molecule has 27 heavy (non-hydrogen) atoms. The van der Waals surface area contributed by atoms with Gasteiger partial charge in [0.2, 0.25) is 0 Å². The van der Waals surface area contributed by atoms with Crippen LogP contribution in [0.2, 0.25) is 0 Å². The number of hydrogen-bond acceptors (Lipinski definition) is 0. The lowest BCUT2D eigenvalue weighted by Crippen LogP contribution is -1.98. The first-order chi connectivity index (χ1) is 13.2. The van der Waals surface area contributed by atoms with Crippen LogP contribution in [-0.2, 0) is 12.8 Å². The van der Waals surface area contributed by atoms with Crippen molar-refractivity contribution in [2.45, 2.75) is 33.6 Å². The van der Waals surface area contributed by atoms with Crippen LogP contribution >= 0.6 is 0 Å². The smallest absolute Gasteiger partial charge is 0.00262 e. The highest BCUT2D eigenvalue weighted by Gasteiger charge is 2.27. The number of hydrogen-bond donors (Lipinski definition) is 0. The predicted molar refractivity (Wildman–Crippen MR) is 117 cm³/mol. The van der Waals surface area contributed by atoms with Gasteiger partial charge in [0, 0.05) is 0 Å². The standard InChI is InChI=1S/C27H24/c1-4-18-16-24(21-13-7-6-10-17(21)3)20(5-2)27-23-15-9-12-19-11-8-14-22(25(19)23)26(18)27/h6-16H,4-5H2,1-3H3. The summed E-state index contributed by atoms with van der Waals surface area (Å²) < 4.78 is 0. The maximum Gasteiger partial charge on any atom is -0.00262 e. The van der Waals surface area contributed by atoms with Gasteiger partial charge in [0.15, 0.2) is 0 Å². The number of benzene rings is 4.